The van der Waals surface area contributed by atoms with E-state index in [0.29, 0.717) is 6.61 Å². The summed E-state index contributed by atoms with van der Waals surface area (Å²) in [5.74, 6) is -0.156. The van der Waals surface area contributed by atoms with E-state index in [9.17, 15) is 9.36 Å². The van der Waals surface area contributed by atoms with Gasteiger partial charge in [-0.25, -0.2) is 0 Å². The lowest BCUT2D eigenvalue weighted by atomic mass is 10.3. The zero-order valence-electron chi connectivity index (χ0n) is 7.86. The summed E-state index contributed by atoms with van der Waals surface area (Å²) in [5.41, 5.74) is 0. The molecule has 0 aromatic carbocycles. The van der Waals surface area contributed by atoms with Crippen molar-refractivity contribution < 1.29 is 18.4 Å². The first kappa shape index (κ1) is 11.8. The van der Waals surface area contributed by atoms with Crippen molar-refractivity contribution in [3.63, 3.8) is 0 Å². The van der Waals surface area contributed by atoms with Crippen LogP contribution in [0.3, 0.4) is 0 Å². The number of rotatable bonds is 5. The quantitative estimate of drug-likeness (QED) is 0.626. The Balaban J connectivity index is 4.05. The topological polar surface area (TPSA) is 52.6 Å². The SMILES string of the molecule is CCOP(C)(=O)OC(C)C(C)=O. The van der Waals surface area contributed by atoms with E-state index >= 15 is 0 Å². The van der Waals surface area contributed by atoms with Gasteiger partial charge in [-0.15, -0.1) is 0 Å². The van der Waals surface area contributed by atoms with Crippen LogP contribution < -0.4 is 0 Å². The van der Waals surface area contributed by atoms with Crippen molar-refractivity contribution in [2.45, 2.75) is 26.9 Å². The van der Waals surface area contributed by atoms with Crippen LogP contribution in [0.1, 0.15) is 20.8 Å². The summed E-state index contributed by atoms with van der Waals surface area (Å²) < 4.78 is 21.1. The fourth-order valence-corrected chi connectivity index (χ4v) is 1.88. The summed E-state index contributed by atoms with van der Waals surface area (Å²) in [6, 6.07) is 0. The molecule has 0 aliphatic carbocycles. The molecule has 0 aliphatic heterocycles. The van der Waals surface area contributed by atoms with Crippen molar-refractivity contribution >= 4 is 13.4 Å². The highest BCUT2D eigenvalue weighted by molar-refractivity contribution is 7.53. The fourth-order valence-electron chi connectivity index (χ4n) is 0.626. The van der Waals surface area contributed by atoms with Crippen LogP contribution in [0.4, 0.5) is 0 Å². The minimum Gasteiger partial charge on any atom is -0.309 e. The molecule has 0 aromatic heterocycles. The Morgan fingerprint density at radius 2 is 2.08 bits per heavy atom. The molecule has 0 aliphatic rings. The first-order valence-corrected chi connectivity index (χ1v) is 5.79. The highest BCUT2D eigenvalue weighted by atomic mass is 31.2. The third kappa shape index (κ3) is 4.65. The summed E-state index contributed by atoms with van der Waals surface area (Å²) in [7, 11) is -3.02. The number of Topliss-reactive ketones (excluding diaryl/α,β-unsaturated/α-hetero) is 1. The van der Waals surface area contributed by atoms with Gasteiger partial charge in [0.15, 0.2) is 5.78 Å². The van der Waals surface area contributed by atoms with Crippen molar-refractivity contribution in [3.8, 4) is 0 Å². The zero-order chi connectivity index (χ0) is 9.78. The van der Waals surface area contributed by atoms with E-state index in [1.54, 1.807) is 13.8 Å². The molecule has 2 unspecified atom stereocenters. The van der Waals surface area contributed by atoms with Gasteiger partial charge in [0.2, 0.25) is 0 Å². The molecule has 0 bridgehead atoms. The first-order valence-electron chi connectivity index (χ1n) is 3.80. The summed E-state index contributed by atoms with van der Waals surface area (Å²) in [4.78, 5) is 10.7. The van der Waals surface area contributed by atoms with Gasteiger partial charge in [-0.05, 0) is 20.8 Å². The van der Waals surface area contributed by atoms with Crippen molar-refractivity contribution in [2.75, 3.05) is 13.3 Å². The molecule has 0 saturated carbocycles. The third-order valence-electron chi connectivity index (χ3n) is 1.29. The fraction of sp³-hybridized carbons (Fsp3) is 0.857. The minimum atomic E-state index is -3.02. The van der Waals surface area contributed by atoms with Gasteiger partial charge in [-0.3, -0.25) is 13.9 Å². The van der Waals surface area contributed by atoms with Gasteiger partial charge in [0.25, 0.3) is 0 Å². The van der Waals surface area contributed by atoms with Crippen LogP contribution in [-0.4, -0.2) is 25.2 Å². The number of hydrogen-bond donors (Lipinski definition) is 0. The third-order valence-corrected chi connectivity index (χ3v) is 2.71. The van der Waals surface area contributed by atoms with E-state index in [-0.39, 0.29) is 5.78 Å². The smallest absolute Gasteiger partial charge is 0.309 e. The van der Waals surface area contributed by atoms with E-state index in [2.05, 4.69) is 0 Å². The average Bonchev–Trinajstić information content (AvgIpc) is 1.85. The lowest BCUT2D eigenvalue weighted by molar-refractivity contribution is -0.123. The van der Waals surface area contributed by atoms with Gasteiger partial charge >= 0.3 is 7.60 Å². The summed E-state index contributed by atoms with van der Waals surface area (Å²) in [5, 5.41) is 0. The van der Waals surface area contributed by atoms with Crippen molar-refractivity contribution in [1.29, 1.82) is 0 Å². The van der Waals surface area contributed by atoms with Gasteiger partial charge in [0, 0.05) is 6.66 Å². The highest BCUT2D eigenvalue weighted by Crippen LogP contribution is 2.44. The summed E-state index contributed by atoms with van der Waals surface area (Å²) in [6.07, 6.45) is -0.660. The Bertz CT molecular complexity index is 202. The van der Waals surface area contributed by atoms with E-state index in [1.807, 2.05) is 0 Å². The van der Waals surface area contributed by atoms with Crippen LogP contribution in [0.5, 0.6) is 0 Å². The van der Waals surface area contributed by atoms with Crippen LogP contribution in [0.25, 0.3) is 0 Å². The normalized spacial score (nSPS) is 18.3. The van der Waals surface area contributed by atoms with E-state index < -0.39 is 13.7 Å². The van der Waals surface area contributed by atoms with Crippen LogP contribution in [-0.2, 0) is 18.4 Å². The summed E-state index contributed by atoms with van der Waals surface area (Å²) >= 11 is 0. The van der Waals surface area contributed by atoms with Crippen molar-refractivity contribution in [1.82, 2.24) is 0 Å². The zero-order valence-corrected chi connectivity index (χ0v) is 8.76. The molecule has 5 heteroatoms. The maximum atomic E-state index is 11.3. The molecule has 0 radical (unpaired) electrons. The van der Waals surface area contributed by atoms with Gasteiger partial charge in [0.05, 0.1) is 6.61 Å². The van der Waals surface area contributed by atoms with Gasteiger partial charge in [0.1, 0.15) is 6.10 Å². The van der Waals surface area contributed by atoms with Crippen molar-refractivity contribution in [2.24, 2.45) is 0 Å². The lowest BCUT2D eigenvalue weighted by Crippen LogP contribution is -2.16. The Kier molecular flexibility index (Phi) is 4.68. The number of ketones is 1. The van der Waals surface area contributed by atoms with E-state index in [1.165, 1.54) is 13.6 Å². The predicted molar refractivity (Wildman–Crippen MR) is 46.4 cm³/mol. The lowest BCUT2D eigenvalue weighted by Gasteiger charge is -2.16. The van der Waals surface area contributed by atoms with Crippen LogP contribution in [0.15, 0.2) is 0 Å². The predicted octanol–water partition coefficient (Wildman–Crippen LogP) is 1.84. The Morgan fingerprint density at radius 3 is 2.42 bits per heavy atom. The van der Waals surface area contributed by atoms with E-state index in [4.69, 9.17) is 9.05 Å². The maximum absolute atomic E-state index is 11.3. The molecule has 0 aromatic rings. The largest absolute Gasteiger partial charge is 0.328 e. The molecule has 4 nitrogen and oxygen atoms in total. The van der Waals surface area contributed by atoms with Gasteiger partial charge in [-0.1, -0.05) is 0 Å². The number of carbonyl (C=O) groups excluding carboxylic acids is 1. The Morgan fingerprint density at radius 1 is 1.58 bits per heavy atom. The summed E-state index contributed by atoms with van der Waals surface area (Å²) in [6.45, 7) is 6.33. The average molecular weight is 194 g/mol. The molecule has 0 fully saturated rings. The molecule has 0 saturated heterocycles. The van der Waals surface area contributed by atoms with Crippen LogP contribution in [0.2, 0.25) is 0 Å². The molecule has 12 heavy (non-hydrogen) atoms. The number of hydrogen-bond acceptors (Lipinski definition) is 4. The maximum Gasteiger partial charge on any atom is 0.328 e. The Hall–Kier alpha value is -0.180. The number of carbonyl (C=O) groups is 1. The monoisotopic (exact) mass is 194 g/mol. The molecular weight excluding hydrogens is 179 g/mol. The molecule has 0 rings (SSSR count). The molecule has 72 valence electrons. The van der Waals surface area contributed by atoms with Crippen molar-refractivity contribution in [3.05, 3.63) is 0 Å². The van der Waals surface area contributed by atoms with Crippen LogP contribution in [0, 0.1) is 0 Å². The van der Waals surface area contributed by atoms with Gasteiger partial charge in [-0.2, -0.15) is 0 Å². The minimum absolute atomic E-state index is 0.156. The van der Waals surface area contributed by atoms with Gasteiger partial charge < -0.3 is 4.52 Å². The molecule has 2 atom stereocenters. The molecule has 0 heterocycles. The molecule has 0 spiro atoms. The van der Waals surface area contributed by atoms with E-state index in [0.717, 1.165) is 0 Å². The Labute approximate surface area is 72.8 Å². The second-order valence-electron chi connectivity index (χ2n) is 2.55. The second-order valence-corrected chi connectivity index (χ2v) is 4.56. The second kappa shape index (κ2) is 4.75. The standard InChI is InChI=1S/C7H15O4P/c1-5-10-12(4,9)11-7(3)6(2)8/h7H,5H2,1-4H3. The molecular formula is C7H15O4P. The van der Waals surface area contributed by atoms with Crippen LogP contribution >= 0.6 is 7.60 Å². The highest BCUT2D eigenvalue weighted by Gasteiger charge is 2.22. The molecule has 0 N–H and O–H groups in total. The molecule has 0 amide bonds. The first-order chi connectivity index (χ1) is 5.39.